The van der Waals surface area contributed by atoms with E-state index in [1.165, 1.54) is 10.9 Å². The molecule has 0 aliphatic rings. The van der Waals surface area contributed by atoms with Crippen LogP contribution in [0.25, 0.3) is 10.9 Å². The number of anilines is 2. The van der Waals surface area contributed by atoms with Crippen LogP contribution < -0.4 is 9.47 Å². The van der Waals surface area contributed by atoms with Crippen molar-refractivity contribution < 1.29 is 4.57 Å². The summed E-state index contributed by atoms with van der Waals surface area (Å²) in [5, 5.41) is 1.97. The third-order valence-corrected chi connectivity index (χ3v) is 3.87. The van der Waals surface area contributed by atoms with Gasteiger partial charge in [0.05, 0.1) is 10.7 Å². The van der Waals surface area contributed by atoms with E-state index in [2.05, 4.69) is 53.0 Å². The smallest absolute Gasteiger partial charge is 0.212 e. The third-order valence-electron chi connectivity index (χ3n) is 3.55. The Labute approximate surface area is 123 Å². The second-order valence-electron chi connectivity index (χ2n) is 4.88. The van der Waals surface area contributed by atoms with E-state index < -0.39 is 0 Å². The van der Waals surface area contributed by atoms with E-state index in [0.29, 0.717) is 0 Å². The minimum absolute atomic E-state index is 0.755. The van der Waals surface area contributed by atoms with Crippen molar-refractivity contribution in [2.45, 2.75) is 0 Å². The largest absolute Gasteiger partial charge is 0.339 e. The number of benzene rings is 2. The summed E-state index contributed by atoms with van der Waals surface area (Å²) in [4.78, 5) is 2.11. The average molecular weight is 284 g/mol. The molecule has 0 aliphatic carbocycles. The minimum atomic E-state index is 0.755. The molecule has 0 N–H and O–H groups in total. The first-order valence-corrected chi connectivity index (χ1v) is 6.91. The van der Waals surface area contributed by atoms with Crippen LogP contribution in [0.1, 0.15) is 0 Å². The first-order chi connectivity index (χ1) is 9.66. The number of pyridine rings is 1. The molecule has 0 saturated carbocycles. The molecule has 0 saturated heterocycles. The maximum Gasteiger partial charge on any atom is 0.212 e. The van der Waals surface area contributed by atoms with E-state index >= 15 is 0 Å². The standard InChI is InChI=1S/C17H16ClN2/c1-19-12-14(11-13-7-3-5-9-16(13)19)20(2)17-10-6-4-8-15(17)18/h3-12H,1-2H3/q+1. The van der Waals surface area contributed by atoms with Crippen molar-refractivity contribution in [1.82, 2.24) is 0 Å². The maximum atomic E-state index is 6.28. The molecule has 1 heterocycles. The average Bonchev–Trinajstić information content (AvgIpc) is 2.47. The Hall–Kier alpha value is -2.06. The molecule has 0 radical (unpaired) electrons. The van der Waals surface area contributed by atoms with Crippen LogP contribution in [0.5, 0.6) is 0 Å². The van der Waals surface area contributed by atoms with Crippen LogP contribution in [0.3, 0.4) is 0 Å². The van der Waals surface area contributed by atoms with Gasteiger partial charge in [0.15, 0.2) is 6.20 Å². The summed E-state index contributed by atoms with van der Waals surface area (Å²) in [7, 11) is 4.09. The van der Waals surface area contributed by atoms with Crippen molar-refractivity contribution in [3.8, 4) is 0 Å². The maximum absolute atomic E-state index is 6.28. The van der Waals surface area contributed by atoms with Gasteiger partial charge in [-0.25, -0.2) is 0 Å². The number of hydrogen-bond acceptors (Lipinski definition) is 1. The van der Waals surface area contributed by atoms with Crippen molar-refractivity contribution >= 4 is 33.9 Å². The lowest BCUT2D eigenvalue weighted by Gasteiger charge is -2.19. The molecule has 0 bridgehead atoms. The summed E-state index contributed by atoms with van der Waals surface area (Å²) >= 11 is 6.28. The Morgan fingerprint density at radius 1 is 1.00 bits per heavy atom. The van der Waals surface area contributed by atoms with Gasteiger partial charge >= 0.3 is 0 Å². The van der Waals surface area contributed by atoms with Gasteiger partial charge in [0, 0.05) is 18.5 Å². The quantitative estimate of drug-likeness (QED) is 0.643. The van der Waals surface area contributed by atoms with E-state index in [0.717, 1.165) is 16.4 Å². The van der Waals surface area contributed by atoms with E-state index in [-0.39, 0.29) is 0 Å². The Morgan fingerprint density at radius 2 is 1.70 bits per heavy atom. The topological polar surface area (TPSA) is 7.12 Å². The van der Waals surface area contributed by atoms with Gasteiger partial charge < -0.3 is 4.90 Å². The monoisotopic (exact) mass is 283 g/mol. The lowest BCUT2D eigenvalue weighted by Crippen LogP contribution is -2.30. The molecular formula is C17H16ClN2+. The van der Waals surface area contributed by atoms with Crippen LogP contribution in [0.4, 0.5) is 11.4 Å². The first-order valence-electron chi connectivity index (χ1n) is 6.53. The molecule has 0 amide bonds. The molecule has 0 fully saturated rings. The minimum Gasteiger partial charge on any atom is -0.339 e. The number of fused-ring (bicyclic) bond motifs is 1. The molecule has 0 aliphatic heterocycles. The lowest BCUT2D eigenvalue weighted by atomic mass is 10.2. The van der Waals surface area contributed by atoms with Crippen LogP contribution in [0, 0.1) is 0 Å². The normalized spacial score (nSPS) is 10.8. The van der Waals surface area contributed by atoms with Crippen molar-refractivity contribution in [2.24, 2.45) is 7.05 Å². The molecule has 100 valence electrons. The summed E-state index contributed by atoms with van der Waals surface area (Å²) in [6.07, 6.45) is 2.12. The van der Waals surface area contributed by atoms with Crippen molar-refractivity contribution in [1.29, 1.82) is 0 Å². The summed E-state index contributed by atoms with van der Waals surface area (Å²) in [6.45, 7) is 0. The van der Waals surface area contributed by atoms with Crippen LogP contribution in [-0.4, -0.2) is 7.05 Å². The highest BCUT2D eigenvalue weighted by atomic mass is 35.5. The van der Waals surface area contributed by atoms with Gasteiger partial charge in [0.2, 0.25) is 5.52 Å². The molecule has 0 atom stereocenters. The fourth-order valence-electron chi connectivity index (χ4n) is 2.44. The van der Waals surface area contributed by atoms with Crippen LogP contribution in [-0.2, 0) is 7.05 Å². The number of aryl methyl sites for hydroxylation is 1. The lowest BCUT2D eigenvalue weighted by molar-refractivity contribution is -0.644. The van der Waals surface area contributed by atoms with E-state index in [4.69, 9.17) is 11.6 Å². The second-order valence-corrected chi connectivity index (χ2v) is 5.29. The molecule has 2 nitrogen and oxygen atoms in total. The zero-order valence-corrected chi connectivity index (χ0v) is 12.3. The third kappa shape index (κ3) is 2.23. The number of rotatable bonds is 2. The highest BCUT2D eigenvalue weighted by molar-refractivity contribution is 6.33. The Balaban J connectivity index is 2.13. The second kappa shape index (κ2) is 5.14. The van der Waals surface area contributed by atoms with Gasteiger partial charge in [-0.2, -0.15) is 4.57 Å². The summed E-state index contributed by atoms with van der Waals surface area (Å²) in [6, 6.07) is 18.4. The van der Waals surface area contributed by atoms with E-state index in [9.17, 15) is 0 Å². The summed E-state index contributed by atoms with van der Waals surface area (Å²) in [5.41, 5.74) is 3.33. The van der Waals surface area contributed by atoms with Gasteiger partial charge in [-0.15, -0.1) is 0 Å². The molecular weight excluding hydrogens is 268 g/mol. The fraction of sp³-hybridized carbons (Fsp3) is 0.118. The van der Waals surface area contributed by atoms with Crippen molar-refractivity contribution in [3.63, 3.8) is 0 Å². The molecule has 3 aromatic rings. The number of aromatic nitrogens is 1. The number of halogens is 1. The first kappa shape index (κ1) is 12.9. The van der Waals surface area contributed by atoms with Gasteiger partial charge in [-0.05, 0) is 24.3 Å². The summed E-state index contributed by atoms with van der Waals surface area (Å²) < 4.78 is 2.14. The predicted molar refractivity (Wildman–Crippen MR) is 84.6 cm³/mol. The molecule has 0 unspecified atom stereocenters. The number of hydrogen-bond donors (Lipinski definition) is 0. The van der Waals surface area contributed by atoms with E-state index in [1.807, 2.05) is 31.3 Å². The van der Waals surface area contributed by atoms with Gasteiger partial charge in [-0.3, -0.25) is 0 Å². The fourth-order valence-corrected chi connectivity index (χ4v) is 2.70. The predicted octanol–water partition coefficient (Wildman–Crippen LogP) is 4.09. The Kier molecular flexibility index (Phi) is 3.33. The SMILES string of the molecule is CN(c1cc2ccccc2[n+](C)c1)c1ccccc1Cl. The molecule has 20 heavy (non-hydrogen) atoms. The van der Waals surface area contributed by atoms with Gasteiger partial charge in [-0.1, -0.05) is 35.9 Å². The molecule has 3 heteroatoms. The Bertz CT molecular complexity index is 768. The van der Waals surface area contributed by atoms with Crippen LogP contribution >= 0.6 is 11.6 Å². The highest BCUT2D eigenvalue weighted by Crippen LogP contribution is 2.30. The van der Waals surface area contributed by atoms with Crippen molar-refractivity contribution in [3.05, 3.63) is 65.8 Å². The molecule has 3 rings (SSSR count). The van der Waals surface area contributed by atoms with Gasteiger partial charge in [0.25, 0.3) is 0 Å². The van der Waals surface area contributed by atoms with E-state index in [1.54, 1.807) is 0 Å². The van der Waals surface area contributed by atoms with Crippen molar-refractivity contribution in [2.75, 3.05) is 11.9 Å². The molecule has 1 aromatic heterocycles. The van der Waals surface area contributed by atoms with Crippen LogP contribution in [0.2, 0.25) is 5.02 Å². The zero-order valence-electron chi connectivity index (χ0n) is 11.5. The number of para-hydroxylation sites is 2. The number of nitrogens with zero attached hydrogens (tertiary/aromatic N) is 2. The highest BCUT2D eigenvalue weighted by Gasteiger charge is 2.13. The molecule has 2 aromatic carbocycles. The van der Waals surface area contributed by atoms with Gasteiger partial charge in [0.1, 0.15) is 12.7 Å². The molecule has 0 spiro atoms. The zero-order chi connectivity index (χ0) is 14.1. The van der Waals surface area contributed by atoms with Crippen LogP contribution in [0.15, 0.2) is 60.8 Å². The Morgan fingerprint density at radius 3 is 2.50 bits per heavy atom. The summed E-state index contributed by atoms with van der Waals surface area (Å²) in [5.74, 6) is 0.